The number of nitrogens with one attached hydrogen (secondary N) is 1. The van der Waals surface area contributed by atoms with E-state index in [1.807, 2.05) is 0 Å². The molecule has 0 unspecified atom stereocenters. The number of para-hydroxylation sites is 1. The lowest BCUT2D eigenvalue weighted by atomic mass is 10.1. The molecule has 4 rings (SSSR count). The number of rotatable bonds is 6. The lowest BCUT2D eigenvalue weighted by molar-refractivity contribution is -0.148. The molecule has 2 heterocycles. The smallest absolute Gasteiger partial charge is 0.410 e. The van der Waals surface area contributed by atoms with E-state index in [1.54, 1.807) is 41.3 Å². The maximum Gasteiger partial charge on any atom is 0.410 e. The number of hydrogen-bond donors (Lipinski definition) is 2. The number of methoxy groups -OCH3 is 1. The van der Waals surface area contributed by atoms with Gasteiger partial charge < -0.3 is 19.9 Å². The van der Waals surface area contributed by atoms with Crippen molar-refractivity contribution in [2.45, 2.75) is 17.1 Å². The van der Waals surface area contributed by atoms with Gasteiger partial charge in [0.1, 0.15) is 6.04 Å². The van der Waals surface area contributed by atoms with E-state index in [0.717, 1.165) is 4.90 Å². The summed E-state index contributed by atoms with van der Waals surface area (Å²) in [5, 5.41) is 7.99. The van der Waals surface area contributed by atoms with Gasteiger partial charge in [0.2, 0.25) is 16.0 Å². The van der Waals surface area contributed by atoms with Gasteiger partial charge in [-0.25, -0.2) is 18.5 Å². The van der Waals surface area contributed by atoms with Crippen molar-refractivity contribution in [3.05, 3.63) is 60.8 Å². The van der Waals surface area contributed by atoms with E-state index in [9.17, 15) is 21.6 Å². The number of benzene rings is 2. The molecule has 1 saturated heterocycles. The number of ether oxygens (including phenoxy) is 1. The topological polar surface area (TPSA) is 114 Å². The van der Waals surface area contributed by atoms with Crippen LogP contribution in [0.25, 0.3) is 0 Å². The van der Waals surface area contributed by atoms with E-state index in [1.165, 1.54) is 31.5 Å². The first-order chi connectivity index (χ1) is 16.6. The first-order valence-electron chi connectivity index (χ1n) is 10.5. The number of nitrogens with zero attached hydrogens (tertiary/aromatic N) is 4. The van der Waals surface area contributed by atoms with Crippen LogP contribution in [0.2, 0.25) is 0 Å². The second-order valence-corrected chi connectivity index (χ2v) is 9.38. The van der Waals surface area contributed by atoms with Gasteiger partial charge >= 0.3 is 6.18 Å². The molecule has 35 heavy (non-hydrogen) atoms. The summed E-state index contributed by atoms with van der Waals surface area (Å²) >= 11 is 0. The highest BCUT2D eigenvalue weighted by atomic mass is 32.2. The fraction of sp³-hybridized carbons (Fsp3) is 0.273. The van der Waals surface area contributed by atoms with E-state index in [2.05, 4.69) is 15.3 Å². The number of piperazine rings is 1. The highest BCUT2D eigenvalue weighted by molar-refractivity contribution is 7.89. The van der Waals surface area contributed by atoms with E-state index in [4.69, 9.17) is 9.88 Å². The monoisotopic (exact) mass is 508 g/mol. The van der Waals surface area contributed by atoms with Crippen LogP contribution in [0.15, 0.2) is 65.7 Å². The van der Waals surface area contributed by atoms with Crippen LogP contribution in [-0.4, -0.2) is 57.3 Å². The highest BCUT2D eigenvalue weighted by Crippen LogP contribution is 2.36. The van der Waals surface area contributed by atoms with Crippen molar-refractivity contribution in [3.63, 3.8) is 0 Å². The molecule has 0 amide bonds. The van der Waals surface area contributed by atoms with Crippen molar-refractivity contribution in [1.29, 1.82) is 0 Å². The standard InChI is InChI=1S/C22H23F3N6O3S/c1-34-18-13-27-21(28-15-6-5-9-17(12-15)35(26,32)33)29-20(18)31-11-10-30(14-19(31)22(23,24)25)16-7-3-2-4-8-16/h2-9,12-13,19H,10-11,14H2,1H3,(H2,26,32,33)(H,27,28,29)/t19-/m1/s1. The molecular weight excluding hydrogens is 485 g/mol. The molecule has 0 bridgehead atoms. The minimum absolute atomic E-state index is 0.0253. The van der Waals surface area contributed by atoms with E-state index >= 15 is 0 Å². The van der Waals surface area contributed by atoms with Gasteiger partial charge in [0.05, 0.1) is 18.2 Å². The van der Waals surface area contributed by atoms with Crippen LogP contribution in [0.3, 0.4) is 0 Å². The summed E-state index contributed by atoms with van der Waals surface area (Å²) in [5.41, 5.74) is 1.00. The van der Waals surface area contributed by atoms with Crippen molar-refractivity contribution in [1.82, 2.24) is 9.97 Å². The normalized spacial score (nSPS) is 16.8. The van der Waals surface area contributed by atoms with Crippen LogP contribution in [0.5, 0.6) is 5.75 Å². The van der Waals surface area contributed by atoms with E-state index in [0.29, 0.717) is 17.9 Å². The number of primary sulfonamides is 1. The Morgan fingerprint density at radius 3 is 2.51 bits per heavy atom. The van der Waals surface area contributed by atoms with Crippen LogP contribution in [0, 0.1) is 0 Å². The van der Waals surface area contributed by atoms with Gasteiger partial charge in [0, 0.05) is 31.0 Å². The van der Waals surface area contributed by atoms with Gasteiger partial charge in [-0.3, -0.25) is 0 Å². The molecule has 1 aromatic heterocycles. The van der Waals surface area contributed by atoms with E-state index in [-0.39, 0.29) is 35.5 Å². The molecule has 1 atom stereocenters. The second kappa shape index (κ2) is 9.58. The Morgan fingerprint density at radius 1 is 1.11 bits per heavy atom. The number of sulfonamides is 1. The average molecular weight is 509 g/mol. The molecule has 0 aliphatic carbocycles. The van der Waals surface area contributed by atoms with Crippen molar-refractivity contribution in [3.8, 4) is 5.75 Å². The summed E-state index contributed by atoms with van der Waals surface area (Å²) in [7, 11) is -2.62. The molecule has 0 saturated carbocycles. The van der Waals surface area contributed by atoms with Crippen LogP contribution in [0.4, 0.5) is 36.3 Å². The fourth-order valence-corrected chi connectivity index (χ4v) is 4.40. The summed E-state index contributed by atoms with van der Waals surface area (Å²) in [4.78, 5) is 11.1. The van der Waals surface area contributed by atoms with Crippen LogP contribution < -0.4 is 25.0 Å². The molecule has 2 aromatic carbocycles. The van der Waals surface area contributed by atoms with Gasteiger partial charge in [-0.1, -0.05) is 24.3 Å². The predicted molar refractivity (Wildman–Crippen MR) is 126 cm³/mol. The lowest BCUT2D eigenvalue weighted by Gasteiger charge is -2.43. The summed E-state index contributed by atoms with van der Waals surface area (Å²) in [6.07, 6.45) is -3.27. The largest absolute Gasteiger partial charge is 0.491 e. The molecule has 1 aliphatic rings. The molecule has 13 heteroatoms. The Kier molecular flexibility index (Phi) is 6.72. The quantitative estimate of drug-likeness (QED) is 0.522. The highest BCUT2D eigenvalue weighted by Gasteiger charge is 2.48. The fourth-order valence-electron chi connectivity index (χ4n) is 3.84. The third-order valence-electron chi connectivity index (χ3n) is 5.53. The number of halogens is 3. The minimum Gasteiger partial charge on any atom is -0.491 e. The van der Waals surface area contributed by atoms with Gasteiger partial charge in [-0.15, -0.1) is 0 Å². The zero-order valence-corrected chi connectivity index (χ0v) is 19.4. The summed E-state index contributed by atoms with van der Waals surface area (Å²) in [5.74, 6) is 0.0256. The van der Waals surface area contributed by atoms with Gasteiger partial charge in [-0.05, 0) is 30.3 Å². The third-order valence-corrected chi connectivity index (χ3v) is 6.44. The second-order valence-electron chi connectivity index (χ2n) is 7.82. The lowest BCUT2D eigenvalue weighted by Crippen LogP contribution is -2.59. The molecule has 9 nitrogen and oxygen atoms in total. The molecule has 1 fully saturated rings. The Labute approximate surface area is 200 Å². The van der Waals surface area contributed by atoms with Crippen molar-refractivity contribution < 1.29 is 26.3 Å². The zero-order chi connectivity index (χ0) is 25.2. The molecule has 1 aliphatic heterocycles. The summed E-state index contributed by atoms with van der Waals surface area (Å²) in [6.45, 7) is 0.0789. The maximum absolute atomic E-state index is 14.2. The van der Waals surface area contributed by atoms with Gasteiger partial charge in [-0.2, -0.15) is 18.2 Å². The third kappa shape index (κ3) is 5.57. The van der Waals surface area contributed by atoms with Crippen molar-refractivity contribution in [2.24, 2.45) is 5.14 Å². The number of anilines is 4. The maximum atomic E-state index is 14.2. The van der Waals surface area contributed by atoms with Gasteiger partial charge in [0.25, 0.3) is 0 Å². The summed E-state index contributed by atoms with van der Waals surface area (Å²) < 4.78 is 71.0. The van der Waals surface area contributed by atoms with Crippen molar-refractivity contribution >= 4 is 33.2 Å². The molecule has 0 spiro atoms. The Morgan fingerprint density at radius 2 is 1.86 bits per heavy atom. The van der Waals surface area contributed by atoms with Crippen LogP contribution in [-0.2, 0) is 10.0 Å². The molecular formula is C22H23F3N6O3S. The first-order valence-corrected chi connectivity index (χ1v) is 12.0. The van der Waals surface area contributed by atoms with Gasteiger partial charge in [0.15, 0.2) is 11.6 Å². The number of hydrogen-bond acceptors (Lipinski definition) is 8. The average Bonchev–Trinajstić information content (AvgIpc) is 2.83. The van der Waals surface area contributed by atoms with Crippen molar-refractivity contribution in [2.75, 3.05) is 41.9 Å². The molecule has 186 valence electrons. The van der Waals surface area contributed by atoms with E-state index < -0.39 is 22.2 Å². The number of aromatic nitrogens is 2. The Bertz CT molecular complexity index is 1290. The summed E-state index contributed by atoms with van der Waals surface area (Å²) in [6, 6.07) is 12.7. The Hall–Kier alpha value is -3.58. The zero-order valence-electron chi connectivity index (χ0n) is 18.6. The Balaban J connectivity index is 1.66. The minimum atomic E-state index is -4.54. The SMILES string of the molecule is COc1cnc(Nc2cccc(S(N)(=O)=O)c2)nc1N1CCN(c2ccccc2)C[C@@H]1C(F)(F)F. The van der Waals surface area contributed by atoms with Crippen LogP contribution in [0.1, 0.15) is 0 Å². The van der Waals surface area contributed by atoms with Crippen LogP contribution >= 0.6 is 0 Å². The number of nitrogens with two attached hydrogens (primary N) is 1. The predicted octanol–water partition coefficient (Wildman–Crippen LogP) is 3.13. The number of alkyl halides is 3. The molecule has 3 aromatic rings. The molecule has 0 radical (unpaired) electrons. The molecule has 3 N–H and O–H groups in total. The first kappa shape index (κ1) is 24.5.